The van der Waals surface area contributed by atoms with Crippen molar-refractivity contribution >= 4 is 45.5 Å². The highest BCUT2D eigenvalue weighted by Gasteiger charge is 2.18. The van der Waals surface area contributed by atoms with E-state index in [0.29, 0.717) is 16.1 Å². The third kappa shape index (κ3) is 8.49. The van der Waals surface area contributed by atoms with Gasteiger partial charge in [-0.25, -0.2) is 0 Å². The van der Waals surface area contributed by atoms with Gasteiger partial charge in [0, 0.05) is 51.9 Å². The molecule has 2 N–H and O–H groups in total. The van der Waals surface area contributed by atoms with Gasteiger partial charge < -0.3 is 29.3 Å². The minimum absolute atomic E-state index is 0.218. The molecule has 0 amide bonds. The van der Waals surface area contributed by atoms with Gasteiger partial charge in [0.15, 0.2) is 5.58 Å². The molecule has 3 aliphatic rings. The number of anilines is 2. The molecule has 0 bridgehead atoms. The Bertz CT molecular complexity index is 1580. The van der Waals surface area contributed by atoms with Gasteiger partial charge in [0.05, 0.1) is 36.9 Å². The van der Waals surface area contributed by atoms with E-state index in [1.54, 1.807) is 24.8 Å². The highest BCUT2D eigenvalue weighted by molar-refractivity contribution is 6.31. The molecular formula is C34H36Cl2N4O4. The summed E-state index contributed by atoms with van der Waals surface area (Å²) in [5.74, 6) is 3.58. The summed E-state index contributed by atoms with van der Waals surface area (Å²) in [5.41, 5.74) is 4.19. The summed E-state index contributed by atoms with van der Waals surface area (Å²) in [4.78, 5) is 7.90. The van der Waals surface area contributed by atoms with Crippen LogP contribution in [0.3, 0.4) is 0 Å². The third-order valence-corrected chi connectivity index (χ3v) is 7.33. The summed E-state index contributed by atoms with van der Waals surface area (Å²) < 4.78 is 21.9. The number of aromatic nitrogens is 2. The summed E-state index contributed by atoms with van der Waals surface area (Å²) in [6.45, 7) is 9.76. The molecule has 0 aliphatic carbocycles. The Kier molecular flexibility index (Phi) is 10.4. The molecule has 0 spiro atoms. The lowest BCUT2D eigenvalue weighted by Gasteiger charge is -2.24. The van der Waals surface area contributed by atoms with Crippen LogP contribution in [0.1, 0.15) is 32.1 Å². The van der Waals surface area contributed by atoms with Gasteiger partial charge in [-0.05, 0) is 70.2 Å². The molecule has 6 heterocycles. The second-order valence-corrected chi connectivity index (χ2v) is 11.7. The van der Waals surface area contributed by atoms with Crippen molar-refractivity contribution in [2.75, 3.05) is 23.7 Å². The predicted octanol–water partition coefficient (Wildman–Crippen LogP) is 8.61. The molecule has 0 saturated carbocycles. The number of rotatable bonds is 0. The van der Waals surface area contributed by atoms with E-state index in [1.165, 1.54) is 5.56 Å². The van der Waals surface area contributed by atoms with Crippen molar-refractivity contribution < 1.29 is 18.6 Å². The maximum absolute atomic E-state index is 5.82. The van der Waals surface area contributed by atoms with E-state index in [4.69, 9.17) is 41.8 Å². The van der Waals surface area contributed by atoms with Crippen LogP contribution in [0.25, 0.3) is 11.0 Å². The molecule has 3 aromatic heterocycles. The molecule has 8 nitrogen and oxygen atoms in total. The topological polar surface area (TPSA) is 90.7 Å². The maximum Gasteiger partial charge on any atom is 0.152 e. The van der Waals surface area contributed by atoms with Crippen LogP contribution in [-0.4, -0.2) is 41.4 Å². The number of benzene rings is 2. The highest BCUT2D eigenvalue weighted by Crippen LogP contribution is 2.32. The minimum Gasteiger partial charge on any atom is -0.488 e. The van der Waals surface area contributed by atoms with Gasteiger partial charge >= 0.3 is 0 Å². The Morgan fingerprint density at radius 1 is 0.682 bits per heavy atom. The van der Waals surface area contributed by atoms with Gasteiger partial charge in [0.25, 0.3) is 0 Å². The second kappa shape index (κ2) is 14.6. The number of aryl methyl sites for hydroxylation is 1. The zero-order chi connectivity index (χ0) is 31.1. The van der Waals surface area contributed by atoms with E-state index in [-0.39, 0.29) is 12.2 Å². The smallest absolute Gasteiger partial charge is 0.152 e. The van der Waals surface area contributed by atoms with Crippen molar-refractivity contribution in [3.8, 4) is 17.2 Å². The average molecular weight is 636 g/mol. The third-order valence-electron chi connectivity index (χ3n) is 6.86. The summed E-state index contributed by atoms with van der Waals surface area (Å²) in [6, 6.07) is 17.2. The fourth-order valence-electron chi connectivity index (χ4n) is 4.77. The van der Waals surface area contributed by atoms with E-state index >= 15 is 0 Å². The van der Waals surface area contributed by atoms with Crippen LogP contribution in [0.2, 0.25) is 10.0 Å². The lowest BCUT2D eigenvalue weighted by molar-refractivity contribution is 0.226. The second-order valence-electron chi connectivity index (χ2n) is 10.8. The number of pyridine rings is 2. The van der Waals surface area contributed by atoms with Crippen LogP contribution in [0.15, 0.2) is 83.8 Å². The molecule has 0 fully saturated rings. The maximum atomic E-state index is 5.82. The average Bonchev–Trinajstić information content (AvgIpc) is 3.58. The van der Waals surface area contributed by atoms with Crippen LogP contribution < -0.4 is 24.8 Å². The quantitative estimate of drug-likeness (QED) is 0.175. The Balaban J connectivity index is 0.000000117. The number of nitrogens with one attached hydrogen (secondary N) is 2. The van der Waals surface area contributed by atoms with Crippen LogP contribution in [0, 0.1) is 6.92 Å². The van der Waals surface area contributed by atoms with Crippen molar-refractivity contribution in [3.63, 3.8) is 0 Å². The molecule has 0 saturated heterocycles. The molecule has 44 heavy (non-hydrogen) atoms. The number of fused-ring (bicyclic) bond motifs is 4. The summed E-state index contributed by atoms with van der Waals surface area (Å²) in [6.07, 6.45) is 8.86. The van der Waals surface area contributed by atoms with Crippen molar-refractivity contribution in [1.82, 2.24) is 9.97 Å². The van der Waals surface area contributed by atoms with E-state index in [9.17, 15) is 0 Å². The normalized spacial score (nSPS) is 18.6. The van der Waals surface area contributed by atoms with Gasteiger partial charge in [0.2, 0.25) is 0 Å². The number of hydrogen-bond acceptors (Lipinski definition) is 8. The lowest BCUT2D eigenvalue weighted by atomic mass is 10.2. The van der Waals surface area contributed by atoms with Gasteiger partial charge in [-0.3, -0.25) is 9.97 Å². The van der Waals surface area contributed by atoms with E-state index in [2.05, 4.69) is 27.5 Å². The van der Waals surface area contributed by atoms with Crippen LogP contribution in [0.5, 0.6) is 17.2 Å². The first-order valence-electron chi connectivity index (χ1n) is 14.5. The molecule has 10 heteroatoms. The monoisotopic (exact) mass is 634 g/mol. The Morgan fingerprint density at radius 2 is 1.25 bits per heavy atom. The molecule has 2 aromatic carbocycles. The van der Waals surface area contributed by atoms with Crippen molar-refractivity contribution in [2.45, 2.75) is 52.4 Å². The summed E-state index contributed by atoms with van der Waals surface area (Å²) in [5, 5.41) is 9.06. The predicted molar refractivity (Wildman–Crippen MR) is 177 cm³/mol. The van der Waals surface area contributed by atoms with E-state index < -0.39 is 0 Å². The van der Waals surface area contributed by atoms with Gasteiger partial charge in [-0.1, -0.05) is 23.2 Å². The van der Waals surface area contributed by atoms with Crippen molar-refractivity contribution in [1.29, 1.82) is 0 Å². The minimum atomic E-state index is 0.218. The SMILES string of the molecule is CC1Cc2ccncc2O1.C[C@@H]1CNc2ccc(Cl)cc2O1.C[C@H]1CNc2ccc(Cl)cc2O1.Cc1cc2ccncc2o1. The Hall–Kier alpha value is -4.14. The van der Waals surface area contributed by atoms with Crippen molar-refractivity contribution in [3.05, 3.63) is 101 Å². The summed E-state index contributed by atoms with van der Waals surface area (Å²) in [7, 11) is 0. The number of hydrogen-bond donors (Lipinski definition) is 2. The van der Waals surface area contributed by atoms with E-state index in [1.807, 2.05) is 75.4 Å². The van der Waals surface area contributed by atoms with Crippen LogP contribution >= 0.6 is 23.2 Å². The largest absolute Gasteiger partial charge is 0.488 e. The van der Waals surface area contributed by atoms with Crippen LogP contribution in [-0.2, 0) is 6.42 Å². The van der Waals surface area contributed by atoms with Crippen LogP contribution in [0.4, 0.5) is 11.4 Å². The number of halogens is 2. The number of furan rings is 1. The first-order valence-corrected chi connectivity index (χ1v) is 15.3. The highest BCUT2D eigenvalue weighted by atomic mass is 35.5. The zero-order valence-corrected chi connectivity index (χ0v) is 26.7. The molecule has 1 unspecified atom stereocenters. The Morgan fingerprint density at radius 3 is 1.84 bits per heavy atom. The first kappa shape index (κ1) is 31.3. The number of nitrogens with zero attached hydrogens (tertiary/aromatic N) is 2. The molecule has 5 aromatic rings. The van der Waals surface area contributed by atoms with E-state index in [0.717, 1.165) is 64.9 Å². The van der Waals surface area contributed by atoms with Gasteiger partial charge in [0.1, 0.15) is 41.3 Å². The summed E-state index contributed by atoms with van der Waals surface area (Å²) >= 11 is 11.6. The lowest BCUT2D eigenvalue weighted by Crippen LogP contribution is -2.27. The first-order chi connectivity index (χ1) is 21.2. The van der Waals surface area contributed by atoms with Gasteiger partial charge in [-0.15, -0.1) is 0 Å². The van der Waals surface area contributed by atoms with Gasteiger partial charge in [-0.2, -0.15) is 0 Å². The number of ether oxygens (including phenoxy) is 3. The van der Waals surface area contributed by atoms with Crippen molar-refractivity contribution in [2.24, 2.45) is 0 Å². The molecule has 0 radical (unpaired) electrons. The molecular weight excluding hydrogens is 599 g/mol. The molecule has 230 valence electrons. The fourth-order valence-corrected chi connectivity index (χ4v) is 5.10. The molecule has 8 rings (SSSR count). The fraction of sp³-hybridized carbons (Fsp3) is 0.294. The molecule has 3 atom stereocenters. The zero-order valence-electron chi connectivity index (χ0n) is 25.1. The standard InChI is InChI=1S/2C9H10ClNO.C8H9NO.C8H7NO/c2*1-6-5-11-8-3-2-7(10)4-9(8)12-6;2*1-6-4-7-2-3-9-5-8(7)10-6/h2*2-4,6,11H,5H2,1H3;2-3,5-6H,4H2,1H3;2-5H,1H3/t2*6-;;/m10../s1. The molecule has 3 aliphatic heterocycles. The Labute approximate surface area is 267 Å².